The van der Waals surface area contributed by atoms with E-state index in [9.17, 15) is 0 Å². The Balaban J connectivity index is 2.18. The van der Waals surface area contributed by atoms with Gasteiger partial charge >= 0.3 is 0 Å². The number of aromatic nitrogens is 1. The van der Waals surface area contributed by atoms with Crippen LogP contribution in [-0.4, -0.2) is 4.98 Å². The molecule has 0 aliphatic carbocycles. The van der Waals surface area contributed by atoms with Crippen LogP contribution in [0.4, 0.5) is 0 Å². The van der Waals surface area contributed by atoms with Gasteiger partial charge in [0.25, 0.3) is 0 Å². The van der Waals surface area contributed by atoms with Gasteiger partial charge < -0.3 is 4.74 Å². The Morgan fingerprint density at radius 1 is 1.07 bits per heavy atom. The van der Waals surface area contributed by atoms with Crippen LogP contribution in [0.3, 0.4) is 0 Å². The van der Waals surface area contributed by atoms with Gasteiger partial charge in [-0.1, -0.05) is 23.8 Å². The molecule has 0 aliphatic rings. The predicted octanol–water partition coefficient (Wildman–Crippen LogP) is 3.36. The topological polar surface area (TPSA) is 22.1 Å². The molecule has 1 aromatic heterocycles. The summed E-state index contributed by atoms with van der Waals surface area (Å²) in [5, 5.41) is 0. The van der Waals surface area contributed by atoms with Crippen molar-refractivity contribution in [2.24, 2.45) is 0 Å². The number of pyridine rings is 1. The van der Waals surface area contributed by atoms with Crippen molar-refractivity contribution in [2.75, 3.05) is 0 Å². The molecule has 1 aromatic carbocycles. The summed E-state index contributed by atoms with van der Waals surface area (Å²) >= 11 is 0. The molecule has 75 valence electrons. The summed E-state index contributed by atoms with van der Waals surface area (Å²) in [7, 11) is 0. The molecule has 0 aliphatic heterocycles. The van der Waals surface area contributed by atoms with Crippen LogP contribution in [0.15, 0.2) is 42.5 Å². The zero-order valence-corrected chi connectivity index (χ0v) is 8.60. The van der Waals surface area contributed by atoms with E-state index in [1.165, 1.54) is 5.56 Å². The van der Waals surface area contributed by atoms with E-state index >= 15 is 0 Å². The SMILES string of the molecule is [CH2]c1cccc(Oc2ccc(C)cc2)n1. The Morgan fingerprint density at radius 2 is 1.80 bits per heavy atom. The van der Waals surface area contributed by atoms with Gasteiger partial charge in [-0.3, -0.25) is 0 Å². The predicted molar refractivity (Wildman–Crippen MR) is 59.9 cm³/mol. The Labute approximate surface area is 89.6 Å². The second-order valence-electron chi connectivity index (χ2n) is 3.38. The van der Waals surface area contributed by atoms with Gasteiger partial charge in [-0.2, -0.15) is 0 Å². The second-order valence-corrected chi connectivity index (χ2v) is 3.38. The van der Waals surface area contributed by atoms with E-state index in [0.717, 1.165) is 5.75 Å². The first-order valence-electron chi connectivity index (χ1n) is 4.77. The number of nitrogens with zero attached hydrogens (tertiary/aromatic N) is 1. The minimum atomic E-state index is 0.575. The molecule has 1 radical (unpaired) electrons. The fraction of sp³-hybridized carbons (Fsp3) is 0.0769. The van der Waals surface area contributed by atoms with Gasteiger partial charge in [0, 0.05) is 11.8 Å². The highest BCUT2D eigenvalue weighted by Gasteiger charge is 1.97. The molecule has 2 rings (SSSR count). The monoisotopic (exact) mass is 198 g/mol. The first-order valence-corrected chi connectivity index (χ1v) is 4.77. The molecule has 0 atom stereocenters. The number of aryl methyl sites for hydroxylation is 1. The van der Waals surface area contributed by atoms with E-state index in [0.29, 0.717) is 11.6 Å². The standard InChI is InChI=1S/C13H12NO/c1-10-6-8-12(9-7-10)15-13-5-3-4-11(2)14-13/h3-9H,2H2,1H3. The van der Waals surface area contributed by atoms with Gasteiger partial charge in [-0.15, -0.1) is 0 Å². The van der Waals surface area contributed by atoms with Gasteiger partial charge in [-0.25, -0.2) is 4.98 Å². The summed E-state index contributed by atoms with van der Waals surface area (Å²) < 4.78 is 5.56. The Hall–Kier alpha value is -1.83. The number of ether oxygens (including phenoxy) is 1. The lowest BCUT2D eigenvalue weighted by atomic mass is 10.2. The van der Waals surface area contributed by atoms with E-state index in [1.54, 1.807) is 0 Å². The average Bonchev–Trinajstić information content (AvgIpc) is 2.22. The molecule has 15 heavy (non-hydrogen) atoms. The van der Waals surface area contributed by atoms with Crippen molar-refractivity contribution in [3.05, 3.63) is 60.6 Å². The zero-order valence-electron chi connectivity index (χ0n) is 8.60. The normalized spacial score (nSPS) is 10.0. The Kier molecular flexibility index (Phi) is 2.68. The van der Waals surface area contributed by atoms with Crippen LogP contribution in [0.5, 0.6) is 11.6 Å². The molecule has 0 unspecified atom stereocenters. The molecule has 0 spiro atoms. The highest BCUT2D eigenvalue weighted by molar-refractivity contribution is 5.30. The molecule has 0 amide bonds. The third kappa shape index (κ3) is 2.56. The van der Waals surface area contributed by atoms with Crippen molar-refractivity contribution in [3.63, 3.8) is 0 Å². The highest BCUT2D eigenvalue weighted by Crippen LogP contribution is 2.19. The highest BCUT2D eigenvalue weighted by atomic mass is 16.5. The number of rotatable bonds is 2. The minimum Gasteiger partial charge on any atom is -0.439 e. The van der Waals surface area contributed by atoms with E-state index in [4.69, 9.17) is 4.74 Å². The molecule has 0 bridgehead atoms. The first kappa shape index (κ1) is 9.71. The summed E-state index contributed by atoms with van der Waals surface area (Å²) in [5.41, 5.74) is 1.92. The Bertz CT molecular complexity index is 448. The minimum absolute atomic E-state index is 0.575. The third-order valence-electron chi connectivity index (χ3n) is 2.02. The average molecular weight is 198 g/mol. The van der Waals surface area contributed by atoms with Gasteiger partial charge in [0.05, 0.1) is 0 Å². The summed E-state index contributed by atoms with van der Waals surface area (Å²) in [6.45, 7) is 5.79. The van der Waals surface area contributed by atoms with E-state index in [-0.39, 0.29) is 0 Å². The van der Waals surface area contributed by atoms with Gasteiger partial charge in [0.1, 0.15) is 5.75 Å². The lowest BCUT2D eigenvalue weighted by Crippen LogP contribution is -1.89. The quantitative estimate of drug-likeness (QED) is 0.738. The molecule has 0 saturated heterocycles. The van der Waals surface area contributed by atoms with Gasteiger partial charge in [-0.05, 0) is 32.0 Å². The molecular weight excluding hydrogens is 186 g/mol. The maximum Gasteiger partial charge on any atom is 0.219 e. The number of hydrogen-bond donors (Lipinski definition) is 0. The molecule has 2 heteroatoms. The molecular formula is C13H12NO. The van der Waals surface area contributed by atoms with Crippen LogP contribution < -0.4 is 4.74 Å². The van der Waals surface area contributed by atoms with Gasteiger partial charge in [0.2, 0.25) is 5.88 Å². The summed E-state index contributed by atoms with van der Waals surface area (Å²) in [6, 6.07) is 13.4. The van der Waals surface area contributed by atoms with Crippen molar-refractivity contribution < 1.29 is 4.74 Å². The number of benzene rings is 1. The Morgan fingerprint density at radius 3 is 2.47 bits per heavy atom. The number of hydrogen-bond acceptors (Lipinski definition) is 2. The van der Waals surface area contributed by atoms with Crippen molar-refractivity contribution in [3.8, 4) is 11.6 Å². The van der Waals surface area contributed by atoms with E-state index < -0.39 is 0 Å². The fourth-order valence-electron chi connectivity index (χ4n) is 1.24. The smallest absolute Gasteiger partial charge is 0.219 e. The van der Waals surface area contributed by atoms with Crippen LogP contribution in [0, 0.1) is 13.8 Å². The molecule has 1 heterocycles. The molecule has 0 fully saturated rings. The second kappa shape index (κ2) is 4.13. The van der Waals surface area contributed by atoms with Crippen LogP contribution in [0.2, 0.25) is 0 Å². The van der Waals surface area contributed by atoms with Crippen LogP contribution in [0.25, 0.3) is 0 Å². The molecule has 2 aromatic rings. The molecule has 2 nitrogen and oxygen atoms in total. The van der Waals surface area contributed by atoms with E-state index in [1.807, 2.05) is 49.4 Å². The summed E-state index contributed by atoms with van der Waals surface area (Å²) in [4.78, 5) is 4.16. The van der Waals surface area contributed by atoms with E-state index in [2.05, 4.69) is 11.9 Å². The lowest BCUT2D eigenvalue weighted by molar-refractivity contribution is 0.462. The lowest BCUT2D eigenvalue weighted by Gasteiger charge is -2.04. The summed E-state index contributed by atoms with van der Waals surface area (Å²) in [6.07, 6.45) is 0. The largest absolute Gasteiger partial charge is 0.439 e. The first-order chi connectivity index (χ1) is 7.24. The van der Waals surface area contributed by atoms with Gasteiger partial charge in [0.15, 0.2) is 0 Å². The van der Waals surface area contributed by atoms with Crippen LogP contribution in [-0.2, 0) is 0 Å². The summed E-state index contributed by atoms with van der Waals surface area (Å²) in [5.74, 6) is 1.37. The maximum absolute atomic E-state index is 5.56. The van der Waals surface area contributed by atoms with Crippen LogP contribution >= 0.6 is 0 Å². The molecule has 0 N–H and O–H groups in total. The maximum atomic E-state index is 5.56. The third-order valence-corrected chi connectivity index (χ3v) is 2.02. The van der Waals surface area contributed by atoms with Crippen LogP contribution in [0.1, 0.15) is 11.3 Å². The fourth-order valence-corrected chi connectivity index (χ4v) is 1.24. The van der Waals surface area contributed by atoms with Crippen molar-refractivity contribution in [1.29, 1.82) is 0 Å². The molecule has 0 saturated carbocycles. The van der Waals surface area contributed by atoms with Crippen molar-refractivity contribution in [2.45, 2.75) is 6.92 Å². The van der Waals surface area contributed by atoms with Crippen molar-refractivity contribution in [1.82, 2.24) is 4.98 Å². The zero-order chi connectivity index (χ0) is 10.7. The van der Waals surface area contributed by atoms with Crippen molar-refractivity contribution >= 4 is 0 Å².